The highest BCUT2D eigenvalue weighted by atomic mass is 16.5. The van der Waals surface area contributed by atoms with E-state index in [0.29, 0.717) is 5.56 Å². The number of hydrogen-bond donors (Lipinski definition) is 1. The molecule has 0 aliphatic heterocycles. The van der Waals surface area contributed by atoms with Crippen LogP contribution in [0.5, 0.6) is 0 Å². The number of carbonyl (C=O) groups excluding carboxylic acids is 3. The summed E-state index contributed by atoms with van der Waals surface area (Å²) in [4.78, 5) is 37.2. The molecule has 2 N–H and O–H groups in total. The monoisotopic (exact) mass is 264 g/mol. The van der Waals surface area contributed by atoms with E-state index in [4.69, 9.17) is 10.5 Å². The van der Waals surface area contributed by atoms with Crippen LogP contribution in [0.3, 0.4) is 0 Å². The molecule has 0 aliphatic carbocycles. The molecule has 0 fully saturated rings. The molecule has 1 aromatic rings. The number of primary amides is 1. The Labute approximate surface area is 109 Å². The predicted octanol–water partition coefficient (Wildman–Crippen LogP) is -0.120. The van der Waals surface area contributed by atoms with Crippen LogP contribution in [0.1, 0.15) is 11.7 Å². The average Bonchev–Trinajstić information content (AvgIpc) is 2.42. The second kappa shape index (κ2) is 6.90. The van der Waals surface area contributed by atoms with Gasteiger partial charge in [-0.1, -0.05) is 6.07 Å². The fourth-order valence-corrected chi connectivity index (χ4v) is 1.18. The number of ether oxygens (including phenoxy) is 2. The Morgan fingerprint density at radius 1 is 1.32 bits per heavy atom. The van der Waals surface area contributed by atoms with E-state index in [2.05, 4.69) is 9.72 Å². The van der Waals surface area contributed by atoms with Gasteiger partial charge in [0, 0.05) is 30.1 Å². The lowest BCUT2D eigenvalue weighted by Gasteiger charge is -2.12. The van der Waals surface area contributed by atoms with Crippen molar-refractivity contribution in [1.29, 1.82) is 0 Å². The molecule has 7 nitrogen and oxygen atoms in total. The molecule has 1 atom stereocenters. The maximum atomic E-state index is 11.4. The standard InChI is InChI=1S/C12H12N2O5/c1-18-9(15)4-5-10(16)19-11(12(13)17)8-3-2-6-14-7-8/h2-7,11H,1H3,(H2,13,17)/b5-4+/t11-/m0/s1. The van der Waals surface area contributed by atoms with Crippen LogP contribution >= 0.6 is 0 Å². The first kappa shape index (κ1) is 14.4. The van der Waals surface area contributed by atoms with Crippen LogP contribution in [0, 0.1) is 0 Å². The number of pyridine rings is 1. The molecule has 0 saturated heterocycles. The van der Waals surface area contributed by atoms with E-state index in [1.807, 2.05) is 0 Å². The summed E-state index contributed by atoms with van der Waals surface area (Å²) in [6, 6.07) is 3.11. The third kappa shape index (κ3) is 4.58. The molecular formula is C12H12N2O5. The van der Waals surface area contributed by atoms with Gasteiger partial charge in [0.05, 0.1) is 7.11 Å². The lowest BCUT2D eigenvalue weighted by Crippen LogP contribution is -2.25. The van der Waals surface area contributed by atoms with E-state index in [1.165, 1.54) is 19.5 Å². The van der Waals surface area contributed by atoms with Crippen LogP contribution in [0.4, 0.5) is 0 Å². The van der Waals surface area contributed by atoms with Gasteiger partial charge in [0.1, 0.15) is 0 Å². The Morgan fingerprint density at radius 2 is 2.00 bits per heavy atom. The average molecular weight is 264 g/mol. The van der Waals surface area contributed by atoms with E-state index in [9.17, 15) is 14.4 Å². The number of nitrogens with zero attached hydrogens (tertiary/aromatic N) is 1. The quantitative estimate of drug-likeness (QED) is 0.586. The van der Waals surface area contributed by atoms with Crippen LogP contribution in [0.2, 0.25) is 0 Å². The molecule has 19 heavy (non-hydrogen) atoms. The third-order valence-corrected chi connectivity index (χ3v) is 2.04. The second-order valence-electron chi connectivity index (χ2n) is 3.36. The molecule has 0 aliphatic rings. The lowest BCUT2D eigenvalue weighted by molar-refractivity contribution is -0.150. The van der Waals surface area contributed by atoms with E-state index in [1.54, 1.807) is 12.1 Å². The van der Waals surface area contributed by atoms with E-state index in [-0.39, 0.29) is 0 Å². The van der Waals surface area contributed by atoms with Gasteiger partial charge >= 0.3 is 11.9 Å². The zero-order valence-electron chi connectivity index (χ0n) is 10.1. The van der Waals surface area contributed by atoms with Crippen molar-refractivity contribution in [3.63, 3.8) is 0 Å². The van der Waals surface area contributed by atoms with Crippen LogP contribution in [0.15, 0.2) is 36.7 Å². The lowest BCUT2D eigenvalue weighted by atomic mass is 10.1. The molecule has 1 heterocycles. The minimum absolute atomic E-state index is 0.342. The van der Waals surface area contributed by atoms with Crippen molar-refractivity contribution >= 4 is 17.8 Å². The van der Waals surface area contributed by atoms with Gasteiger partial charge in [-0.15, -0.1) is 0 Å². The number of rotatable bonds is 5. The molecule has 1 aromatic heterocycles. The van der Waals surface area contributed by atoms with Crippen molar-refractivity contribution in [3.8, 4) is 0 Å². The number of hydrogen-bond acceptors (Lipinski definition) is 6. The smallest absolute Gasteiger partial charge is 0.332 e. The molecule has 0 radical (unpaired) electrons. The maximum Gasteiger partial charge on any atom is 0.332 e. The third-order valence-electron chi connectivity index (χ3n) is 2.04. The van der Waals surface area contributed by atoms with E-state index in [0.717, 1.165) is 12.2 Å². The highest BCUT2D eigenvalue weighted by Crippen LogP contribution is 2.15. The van der Waals surface area contributed by atoms with E-state index < -0.39 is 23.9 Å². The summed E-state index contributed by atoms with van der Waals surface area (Å²) in [7, 11) is 1.17. The Hall–Kier alpha value is -2.70. The van der Waals surface area contributed by atoms with Gasteiger partial charge in [0.2, 0.25) is 6.10 Å². The minimum Gasteiger partial charge on any atom is -0.466 e. The molecular weight excluding hydrogens is 252 g/mol. The van der Waals surface area contributed by atoms with Gasteiger partial charge in [-0.05, 0) is 6.07 Å². The highest BCUT2D eigenvalue weighted by Gasteiger charge is 2.21. The van der Waals surface area contributed by atoms with Crippen LogP contribution in [-0.2, 0) is 23.9 Å². The van der Waals surface area contributed by atoms with Crippen LogP contribution in [-0.4, -0.2) is 29.9 Å². The summed E-state index contributed by atoms with van der Waals surface area (Å²) in [6.45, 7) is 0. The molecule has 1 amide bonds. The highest BCUT2D eigenvalue weighted by molar-refractivity contribution is 5.93. The first-order valence-corrected chi connectivity index (χ1v) is 5.20. The Bertz CT molecular complexity index is 498. The van der Waals surface area contributed by atoms with Crippen LogP contribution in [0.25, 0.3) is 0 Å². The molecule has 0 saturated carbocycles. The molecule has 1 rings (SSSR count). The van der Waals surface area contributed by atoms with Crippen LogP contribution < -0.4 is 5.73 Å². The van der Waals surface area contributed by atoms with Crippen molar-refractivity contribution in [1.82, 2.24) is 4.98 Å². The summed E-state index contributed by atoms with van der Waals surface area (Å²) in [5.41, 5.74) is 5.48. The van der Waals surface area contributed by atoms with Crippen molar-refractivity contribution < 1.29 is 23.9 Å². The largest absolute Gasteiger partial charge is 0.466 e. The van der Waals surface area contributed by atoms with Gasteiger partial charge in [-0.2, -0.15) is 0 Å². The zero-order valence-corrected chi connectivity index (χ0v) is 10.1. The second-order valence-corrected chi connectivity index (χ2v) is 3.36. The normalized spacial score (nSPS) is 11.8. The Kier molecular flexibility index (Phi) is 5.21. The number of carbonyl (C=O) groups is 3. The fraction of sp³-hybridized carbons (Fsp3) is 0.167. The Morgan fingerprint density at radius 3 is 2.53 bits per heavy atom. The summed E-state index contributed by atoms with van der Waals surface area (Å²) < 4.78 is 9.15. The van der Waals surface area contributed by atoms with Gasteiger partial charge in [-0.3, -0.25) is 9.78 Å². The number of esters is 2. The van der Waals surface area contributed by atoms with Crippen molar-refractivity contribution in [2.45, 2.75) is 6.10 Å². The molecule has 100 valence electrons. The topological polar surface area (TPSA) is 109 Å². The first-order valence-electron chi connectivity index (χ1n) is 5.20. The predicted molar refractivity (Wildman–Crippen MR) is 63.4 cm³/mol. The van der Waals surface area contributed by atoms with Crippen molar-refractivity contribution in [2.75, 3.05) is 7.11 Å². The van der Waals surface area contributed by atoms with Crippen molar-refractivity contribution in [3.05, 3.63) is 42.2 Å². The first-order chi connectivity index (χ1) is 9.04. The van der Waals surface area contributed by atoms with Gasteiger partial charge in [0.15, 0.2) is 0 Å². The number of methoxy groups -OCH3 is 1. The molecule has 7 heteroatoms. The summed E-state index contributed by atoms with van der Waals surface area (Å²) in [6.07, 6.45) is 3.32. The van der Waals surface area contributed by atoms with Gasteiger partial charge in [0.25, 0.3) is 5.91 Å². The number of aromatic nitrogens is 1. The molecule has 0 spiro atoms. The minimum atomic E-state index is -1.26. The van der Waals surface area contributed by atoms with Gasteiger partial charge < -0.3 is 15.2 Å². The summed E-state index contributed by atoms with van der Waals surface area (Å²) in [5.74, 6) is -2.44. The summed E-state index contributed by atoms with van der Waals surface area (Å²) >= 11 is 0. The fourth-order valence-electron chi connectivity index (χ4n) is 1.18. The summed E-state index contributed by atoms with van der Waals surface area (Å²) in [5, 5.41) is 0. The van der Waals surface area contributed by atoms with Crippen molar-refractivity contribution in [2.24, 2.45) is 5.73 Å². The number of amides is 1. The SMILES string of the molecule is COC(=O)/C=C/C(=O)O[C@H](C(N)=O)c1cccnc1. The van der Waals surface area contributed by atoms with E-state index >= 15 is 0 Å². The molecule has 0 aromatic carbocycles. The Balaban J connectivity index is 2.76. The molecule has 0 bridgehead atoms. The van der Waals surface area contributed by atoms with Gasteiger partial charge in [-0.25, -0.2) is 9.59 Å². The number of nitrogens with two attached hydrogens (primary N) is 1. The zero-order chi connectivity index (χ0) is 14.3. The molecule has 0 unspecified atom stereocenters. The maximum absolute atomic E-state index is 11.4.